The fraction of sp³-hybridized carbons (Fsp3) is 0.647. The summed E-state index contributed by atoms with van der Waals surface area (Å²) in [6.45, 7) is 3.12. The molecule has 4 nitrogen and oxygen atoms in total. The number of unbranched alkanes of at least 4 members (excludes halogenated alkanes) is 1. The highest BCUT2D eigenvalue weighted by Crippen LogP contribution is 2.39. The van der Waals surface area contributed by atoms with E-state index in [1.54, 1.807) is 0 Å². The van der Waals surface area contributed by atoms with E-state index in [2.05, 4.69) is 23.3 Å². The van der Waals surface area contributed by atoms with Gasteiger partial charge in [-0.05, 0) is 50.0 Å². The lowest BCUT2D eigenvalue weighted by Crippen LogP contribution is -2.19. The van der Waals surface area contributed by atoms with Crippen LogP contribution in [-0.4, -0.2) is 27.7 Å². The second kappa shape index (κ2) is 6.56. The number of aliphatic hydroxyl groups excluding tert-OH is 1. The number of hydrogen-bond acceptors (Lipinski definition) is 4. The Hall–Kier alpha value is -1.42. The third-order valence-electron chi connectivity index (χ3n) is 4.63. The number of rotatable bonds is 5. The minimum Gasteiger partial charge on any atom is -0.393 e. The van der Waals surface area contributed by atoms with E-state index in [0.717, 1.165) is 56.7 Å². The largest absolute Gasteiger partial charge is 0.393 e. The molecule has 2 N–H and O–H groups in total. The van der Waals surface area contributed by atoms with Crippen LogP contribution in [0.3, 0.4) is 0 Å². The lowest BCUT2D eigenvalue weighted by molar-refractivity contribution is 0.119. The Kier molecular flexibility index (Phi) is 4.54. The smallest absolute Gasteiger partial charge is 0.223 e. The maximum absolute atomic E-state index is 9.67. The van der Waals surface area contributed by atoms with Gasteiger partial charge in [0.2, 0.25) is 5.95 Å². The van der Waals surface area contributed by atoms with Crippen molar-refractivity contribution in [2.75, 3.05) is 11.9 Å². The summed E-state index contributed by atoms with van der Waals surface area (Å²) in [5.74, 6) is 1.32. The molecule has 0 amide bonds. The lowest BCUT2D eigenvalue weighted by Gasteiger charge is -2.26. The van der Waals surface area contributed by atoms with Crippen molar-refractivity contribution >= 4 is 11.5 Å². The summed E-state index contributed by atoms with van der Waals surface area (Å²) in [6, 6.07) is 0. The zero-order chi connectivity index (χ0) is 14.7. The molecule has 0 radical (unpaired) electrons. The molecule has 21 heavy (non-hydrogen) atoms. The second-order valence-electron chi connectivity index (χ2n) is 6.22. The van der Waals surface area contributed by atoms with E-state index in [0.29, 0.717) is 5.92 Å². The van der Waals surface area contributed by atoms with Crippen LogP contribution in [0.15, 0.2) is 12.3 Å². The average molecular weight is 287 g/mol. The van der Waals surface area contributed by atoms with Gasteiger partial charge in [0.1, 0.15) is 0 Å². The molecule has 1 fully saturated rings. The van der Waals surface area contributed by atoms with Crippen molar-refractivity contribution in [3.05, 3.63) is 23.5 Å². The number of allylic oxidation sites excluding steroid dienone is 2. The first-order chi connectivity index (χ1) is 10.3. The van der Waals surface area contributed by atoms with E-state index in [4.69, 9.17) is 4.98 Å². The van der Waals surface area contributed by atoms with E-state index in [-0.39, 0.29) is 6.10 Å². The molecule has 1 aromatic rings. The molecule has 2 aliphatic rings. The number of fused-ring (bicyclic) bond motifs is 1. The van der Waals surface area contributed by atoms with Crippen molar-refractivity contribution in [3.63, 3.8) is 0 Å². The first-order valence-corrected chi connectivity index (χ1v) is 8.26. The molecule has 0 aromatic carbocycles. The molecule has 1 heterocycles. The summed E-state index contributed by atoms with van der Waals surface area (Å²) in [5, 5.41) is 13.0. The third-order valence-corrected chi connectivity index (χ3v) is 4.63. The summed E-state index contributed by atoms with van der Waals surface area (Å²) in [4.78, 5) is 9.17. The number of nitrogens with zero attached hydrogens (tertiary/aromatic N) is 2. The van der Waals surface area contributed by atoms with Crippen molar-refractivity contribution < 1.29 is 5.11 Å². The summed E-state index contributed by atoms with van der Waals surface area (Å²) in [7, 11) is 0. The lowest BCUT2D eigenvalue weighted by atomic mass is 9.82. The van der Waals surface area contributed by atoms with Gasteiger partial charge in [-0.15, -0.1) is 0 Å². The molecule has 0 aliphatic heterocycles. The van der Waals surface area contributed by atoms with Gasteiger partial charge in [0.25, 0.3) is 0 Å². The Bertz CT molecular complexity index is 519. The van der Waals surface area contributed by atoms with Gasteiger partial charge in [0.15, 0.2) is 0 Å². The Morgan fingerprint density at radius 2 is 2.10 bits per heavy atom. The Morgan fingerprint density at radius 3 is 2.86 bits per heavy atom. The van der Waals surface area contributed by atoms with E-state index in [9.17, 15) is 5.11 Å². The molecule has 1 saturated carbocycles. The molecule has 114 valence electrons. The first-order valence-electron chi connectivity index (χ1n) is 8.26. The van der Waals surface area contributed by atoms with E-state index >= 15 is 0 Å². The average Bonchev–Trinajstić information content (AvgIpc) is 2.92. The Labute approximate surface area is 126 Å². The van der Waals surface area contributed by atoms with Crippen LogP contribution in [0, 0.1) is 5.92 Å². The number of hydrogen-bond donors (Lipinski definition) is 2. The Balaban J connectivity index is 1.72. The van der Waals surface area contributed by atoms with E-state index < -0.39 is 0 Å². The van der Waals surface area contributed by atoms with E-state index in [1.807, 2.05) is 6.20 Å². The molecule has 0 spiro atoms. The number of aromatic nitrogens is 2. The number of aliphatic hydroxyl groups is 1. The highest BCUT2D eigenvalue weighted by atomic mass is 16.3. The van der Waals surface area contributed by atoms with Crippen LogP contribution in [-0.2, 0) is 6.42 Å². The fourth-order valence-corrected chi connectivity index (χ4v) is 3.33. The molecular formula is C17H25N3O. The molecule has 3 rings (SSSR count). The van der Waals surface area contributed by atoms with Gasteiger partial charge in [-0.1, -0.05) is 19.4 Å². The van der Waals surface area contributed by atoms with Gasteiger partial charge < -0.3 is 10.4 Å². The molecule has 2 aliphatic carbocycles. The monoisotopic (exact) mass is 287 g/mol. The SMILES string of the molecule is CCCCNc1ncc2c(n1)C(C1CCC(O)CC1)=CC2. The second-order valence-corrected chi connectivity index (χ2v) is 6.22. The zero-order valence-corrected chi connectivity index (χ0v) is 12.8. The highest BCUT2D eigenvalue weighted by molar-refractivity contribution is 5.72. The highest BCUT2D eigenvalue weighted by Gasteiger charge is 2.28. The van der Waals surface area contributed by atoms with Crippen LogP contribution in [0.25, 0.3) is 5.57 Å². The van der Waals surface area contributed by atoms with Crippen molar-refractivity contribution in [3.8, 4) is 0 Å². The van der Waals surface area contributed by atoms with Crippen LogP contribution >= 0.6 is 0 Å². The molecule has 4 heteroatoms. The summed E-state index contributed by atoms with van der Waals surface area (Å²) in [5.41, 5.74) is 3.78. The van der Waals surface area contributed by atoms with Gasteiger partial charge in [0, 0.05) is 18.3 Å². The van der Waals surface area contributed by atoms with Gasteiger partial charge in [-0.3, -0.25) is 0 Å². The molecule has 1 aromatic heterocycles. The topological polar surface area (TPSA) is 58.0 Å². The quantitative estimate of drug-likeness (QED) is 0.817. The Morgan fingerprint density at radius 1 is 1.29 bits per heavy atom. The third kappa shape index (κ3) is 3.26. The maximum Gasteiger partial charge on any atom is 0.223 e. The zero-order valence-electron chi connectivity index (χ0n) is 12.8. The molecule has 0 saturated heterocycles. The van der Waals surface area contributed by atoms with Gasteiger partial charge in [-0.2, -0.15) is 0 Å². The molecule has 0 atom stereocenters. The molecule has 0 unspecified atom stereocenters. The van der Waals surface area contributed by atoms with Gasteiger partial charge in [0.05, 0.1) is 11.8 Å². The van der Waals surface area contributed by atoms with Crippen LogP contribution < -0.4 is 5.32 Å². The van der Waals surface area contributed by atoms with Crippen molar-refractivity contribution in [1.29, 1.82) is 0 Å². The van der Waals surface area contributed by atoms with Crippen LogP contribution in [0.4, 0.5) is 5.95 Å². The summed E-state index contributed by atoms with van der Waals surface area (Å²) in [6.07, 6.45) is 11.5. The van der Waals surface area contributed by atoms with Crippen molar-refractivity contribution in [2.45, 2.75) is 58.0 Å². The van der Waals surface area contributed by atoms with Gasteiger partial charge in [-0.25, -0.2) is 9.97 Å². The minimum atomic E-state index is -0.0978. The fourth-order valence-electron chi connectivity index (χ4n) is 3.33. The normalized spacial score (nSPS) is 24.6. The van der Waals surface area contributed by atoms with Crippen molar-refractivity contribution in [1.82, 2.24) is 9.97 Å². The predicted octanol–water partition coefficient (Wildman–Crippen LogP) is 3.18. The summed E-state index contributed by atoms with van der Waals surface area (Å²) >= 11 is 0. The summed E-state index contributed by atoms with van der Waals surface area (Å²) < 4.78 is 0. The predicted molar refractivity (Wildman–Crippen MR) is 85.1 cm³/mol. The van der Waals surface area contributed by atoms with Gasteiger partial charge >= 0.3 is 0 Å². The van der Waals surface area contributed by atoms with Crippen LogP contribution in [0.2, 0.25) is 0 Å². The maximum atomic E-state index is 9.67. The standard InChI is InChI=1S/C17H25N3O/c1-2-3-10-18-17-19-11-13-6-9-15(16(13)20-17)12-4-7-14(21)8-5-12/h9,11-12,14,21H,2-8,10H2,1H3,(H,18,19,20). The first kappa shape index (κ1) is 14.5. The van der Waals surface area contributed by atoms with Crippen LogP contribution in [0.5, 0.6) is 0 Å². The molecule has 0 bridgehead atoms. The molecular weight excluding hydrogens is 262 g/mol. The van der Waals surface area contributed by atoms with E-state index in [1.165, 1.54) is 17.6 Å². The van der Waals surface area contributed by atoms with Crippen LogP contribution in [0.1, 0.15) is 56.7 Å². The number of nitrogens with one attached hydrogen (secondary N) is 1. The van der Waals surface area contributed by atoms with Crippen molar-refractivity contribution in [2.24, 2.45) is 5.92 Å². The number of anilines is 1. The minimum absolute atomic E-state index is 0.0978.